The van der Waals surface area contributed by atoms with Crippen LogP contribution >= 0.6 is 0 Å². The van der Waals surface area contributed by atoms with Crippen LogP contribution in [0, 0.1) is 11.6 Å². The van der Waals surface area contributed by atoms with Crippen molar-refractivity contribution in [3.05, 3.63) is 101 Å². The minimum absolute atomic E-state index is 0.264. The summed E-state index contributed by atoms with van der Waals surface area (Å²) >= 11 is 0. The van der Waals surface area contributed by atoms with Crippen molar-refractivity contribution < 1.29 is 26.7 Å². The fourth-order valence-corrected chi connectivity index (χ4v) is 3.87. The number of fused-ring (bicyclic) bond motifs is 1. The summed E-state index contributed by atoms with van der Waals surface area (Å²) in [5.74, 6) is -1.60. The van der Waals surface area contributed by atoms with E-state index in [0.29, 0.717) is 22.9 Å². The number of benzene rings is 3. The lowest BCUT2D eigenvalue weighted by atomic mass is 9.98. The summed E-state index contributed by atoms with van der Waals surface area (Å²) in [6.45, 7) is 2.05. The van der Waals surface area contributed by atoms with Gasteiger partial charge in [-0.3, -0.25) is 0 Å². The molecule has 8 heteroatoms. The Morgan fingerprint density at radius 3 is 2.14 bits per heavy atom. The molecule has 1 aromatic heterocycles. The molecule has 0 unspecified atom stereocenters. The molecule has 0 saturated heterocycles. The van der Waals surface area contributed by atoms with Crippen LogP contribution in [-0.2, 0) is 32.1 Å². The van der Waals surface area contributed by atoms with E-state index in [1.807, 2.05) is 37.5 Å². The van der Waals surface area contributed by atoms with E-state index in [1.54, 1.807) is 12.1 Å². The molecule has 182 valence electrons. The van der Waals surface area contributed by atoms with Crippen LogP contribution < -0.4 is 4.74 Å². The van der Waals surface area contributed by atoms with Gasteiger partial charge in [-0.25, -0.2) is 18.7 Å². The van der Waals surface area contributed by atoms with Gasteiger partial charge in [0.15, 0.2) is 11.6 Å². The van der Waals surface area contributed by atoms with Crippen molar-refractivity contribution in [1.29, 1.82) is 0 Å². The van der Waals surface area contributed by atoms with Gasteiger partial charge in [0.05, 0.1) is 0 Å². The first-order valence-corrected chi connectivity index (χ1v) is 11.3. The lowest BCUT2D eigenvalue weighted by molar-refractivity contribution is -0.275. The highest BCUT2D eigenvalue weighted by Crippen LogP contribution is 2.27. The number of hydrogen-bond donors (Lipinski definition) is 0. The molecule has 0 bridgehead atoms. The Bertz CT molecular complexity index is 1320. The van der Waals surface area contributed by atoms with E-state index in [1.165, 1.54) is 6.07 Å². The number of aromatic nitrogens is 2. The van der Waals surface area contributed by atoms with E-state index >= 15 is 4.39 Å². The Morgan fingerprint density at radius 1 is 0.771 bits per heavy atom. The van der Waals surface area contributed by atoms with Crippen molar-refractivity contribution >= 4 is 10.8 Å². The van der Waals surface area contributed by atoms with Crippen LogP contribution in [-0.4, -0.2) is 16.3 Å². The van der Waals surface area contributed by atoms with Crippen molar-refractivity contribution in [3.63, 3.8) is 0 Å². The third-order valence-electron chi connectivity index (χ3n) is 5.81. The molecular formula is C27H23F5N2O. The van der Waals surface area contributed by atoms with E-state index in [0.717, 1.165) is 47.3 Å². The van der Waals surface area contributed by atoms with Crippen molar-refractivity contribution in [2.45, 2.75) is 45.4 Å². The quantitative estimate of drug-likeness (QED) is 0.253. The van der Waals surface area contributed by atoms with Gasteiger partial charge in [-0.1, -0.05) is 43.3 Å². The standard InChI is InChI=1S/C27H23F5N2O/c1-2-17-15-33-25(34-16-17)12-6-18-4-10-22-21(13-18)9-8-20(26(22)29)7-3-19-5-11-24(23(28)14-19)35-27(30,31)32/h4-5,8-11,13-16H,2-3,6-7,12H2,1H3. The molecule has 0 atom stereocenters. The normalized spacial score (nSPS) is 11.7. The van der Waals surface area contributed by atoms with Crippen molar-refractivity contribution in [3.8, 4) is 5.75 Å². The van der Waals surface area contributed by atoms with E-state index in [9.17, 15) is 17.6 Å². The average Bonchev–Trinajstić information content (AvgIpc) is 2.83. The smallest absolute Gasteiger partial charge is 0.403 e. The van der Waals surface area contributed by atoms with Gasteiger partial charge in [0.25, 0.3) is 0 Å². The molecule has 0 aliphatic carbocycles. The fourth-order valence-electron chi connectivity index (χ4n) is 3.87. The molecule has 3 aromatic carbocycles. The summed E-state index contributed by atoms with van der Waals surface area (Å²) in [5, 5.41) is 1.25. The van der Waals surface area contributed by atoms with Crippen LogP contribution in [0.3, 0.4) is 0 Å². The highest BCUT2D eigenvalue weighted by Gasteiger charge is 2.32. The zero-order valence-corrected chi connectivity index (χ0v) is 19.0. The van der Waals surface area contributed by atoms with Crippen molar-refractivity contribution in [1.82, 2.24) is 9.97 Å². The molecule has 4 rings (SSSR count). The highest BCUT2D eigenvalue weighted by molar-refractivity contribution is 5.84. The number of hydrogen-bond acceptors (Lipinski definition) is 3. The molecule has 35 heavy (non-hydrogen) atoms. The largest absolute Gasteiger partial charge is 0.573 e. The van der Waals surface area contributed by atoms with E-state index in [4.69, 9.17) is 0 Å². The fraction of sp³-hybridized carbons (Fsp3) is 0.259. The number of aryl methyl sites for hydroxylation is 5. The van der Waals surface area contributed by atoms with Gasteiger partial charge in [0.1, 0.15) is 11.6 Å². The first-order chi connectivity index (χ1) is 16.7. The maximum Gasteiger partial charge on any atom is 0.573 e. The molecule has 0 saturated carbocycles. The van der Waals surface area contributed by atoms with E-state index < -0.39 is 17.9 Å². The summed E-state index contributed by atoms with van der Waals surface area (Å²) in [7, 11) is 0. The summed E-state index contributed by atoms with van der Waals surface area (Å²) in [6.07, 6.45) is 1.53. The molecule has 0 radical (unpaired) electrons. The minimum Gasteiger partial charge on any atom is -0.403 e. The lowest BCUT2D eigenvalue weighted by Gasteiger charge is -2.11. The molecular weight excluding hydrogens is 463 g/mol. The second-order valence-corrected chi connectivity index (χ2v) is 8.27. The zero-order chi connectivity index (χ0) is 25.0. The summed E-state index contributed by atoms with van der Waals surface area (Å²) in [5.41, 5.74) is 3.03. The molecule has 0 amide bonds. The molecule has 3 nitrogen and oxygen atoms in total. The maximum atomic E-state index is 15.1. The molecule has 0 spiro atoms. The Labute approximate surface area is 199 Å². The Kier molecular flexibility index (Phi) is 7.28. The number of rotatable bonds is 8. The van der Waals surface area contributed by atoms with E-state index in [2.05, 4.69) is 14.7 Å². The highest BCUT2D eigenvalue weighted by atomic mass is 19.4. The summed E-state index contributed by atoms with van der Waals surface area (Å²) in [4.78, 5) is 8.74. The van der Waals surface area contributed by atoms with Crippen LogP contribution in [0.1, 0.15) is 35.0 Å². The molecule has 0 aliphatic heterocycles. The van der Waals surface area contributed by atoms with Gasteiger partial charge in [-0.05, 0) is 65.5 Å². The van der Waals surface area contributed by atoms with Crippen LogP contribution in [0.4, 0.5) is 22.0 Å². The van der Waals surface area contributed by atoms with Gasteiger partial charge in [0, 0.05) is 24.2 Å². The number of ether oxygens (including phenoxy) is 1. The number of halogens is 5. The van der Waals surface area contributed by atoms with Crippen LogP contribution in [0.2, 0.25) is 0 Å². The predicted molar refractivity (Wildman–Crippen MR) is 123 cm³/mol. The Morgan fingerprint density at radius 2 is 1.46 bits per heavy atom. The zero-order valence-electron chi connectivity index (χ0n) is 19.0. The molecule has 4 aromatic rings. The molecule has 0 fully saturated rings. The topological polar surface area (TPSA) is 35.0 Å². The SMILES string of the molecule is CCc1cnc(CCc2ccc3c(F)c(CCc4ccc(OC(F)(F)F)c(F)c4)ccc3c2)nc1. The maximum absolute atomic E-state index is 15.1. The van der Waals surface area contributed by atoms with Crippen molar-refractivity contribution in [2.24, 2.45) is 0 Å². The van der Waals surface area contributed by atoms with Gasteiger partial charge in [0.2, 0.25) is 0 Å². The first kappa shape index (κ1) is 24.6. The van der Waals surface area contributed by atoms with Crippen molar-refractivity contribution in [2.75, 3.05) is 0 Å². The minimum atomic E-state index is -4.97. The Balaban J connectivity index is 1.42. The van der Waals surface area contributed by atoms with E-state index in [-0.39, 0.29) is 18.7 Å². The number of alkyl halides is 3. The summed E-state index contributed by atoms with van der Waals surface area (Å²) in [6, 6.07) is 12.3. The van der Waals surface area contributed by atoms with Crippen LogP contribution in [0.15, 0.2) is 60.9 Å². The average molecular weight is 486 g/mol. The van der Waals surface area contributed by atoms with Gasteiger partial charge in [-0.15, -0.1) is 13.2 Å². The first-order valence-electron chi connectivity index (χ1n) is 11.3. The van der Waals surface area contributed by atoms with Gasteiger partial charge >= 0.3 is 6.36 Å². The lowest BCUT2D eigenvalue weighted by Crippen LogP contribution is -2.18. The summed E-state index contributed by atoms with van der Waals surface area (Å²) < 4.78 is 69.6. The number of nitrogens with zero attached hydrogens (tertiary/aromatic N) is 2. The molecule has 1 heterocycles. The third kappa shape index (κ3) is 6.32. The second-order valence-electron chi connectivity index (χ2n) is 8.27. The van der Waals surface area contributed by atoms with Crippen LogP contribution in [0.5, 0.6) is 5.75 Å². The van der Waals surface area contributed by atoms with Crippen LogP contribution in [0.25, 0.3) is 10.8 Å². The monoisotopic (exact) mass is 486 g/mol. The predicted octanol–water partition coefficient (Wildman–Crippen LogP) is 6.94. The second kappa shape index (κ2) is 10.4. The Hall–Kier alpha value is -3.55. The molecule has 0 aliphatic rings. The van der Waals surface area contributed by atoms with Gasteiger partial charge in [-0.2, -0.15) is 0 Å². The van der Waals surface area contributed by atoms with Gasteiger partial charge < -0.3 is 4.74 Å². The molecule has 0 N–H and O–H groups in total. The third-order valence-corrected chi connectivity index (χ3v) is 5.81.